The van der Waals surface area contributed by atoms with Gasteiger partial charge in [-0.25, -0.2) is 9.97 Å². The Morgan fingerprint density at radius 2 is 1.78 bits per heavy atom. The smallest absolute Gasteiger partial charge is 0.282 e. The molecule has 1 spiro atoms. The van der Waals surface area contributed by atoms with E-state index in [1.165, 1.54) is 8.61 Å². The quantitative estimate of drug-likeness (QED) is 0.772. The predicted molar refractivity (Wildman–Crippen MR) is 96.8 cm³/mol. The SMILES string of the molecule is O=S(=O)(N1CCOCC1)N1CC2(C1)OCc1nc(-c3ccccc3)ncc12. The average molecular weight is 388 g/mol. The summed E-state index contributed by atoms with van der Waals surface area (Å²) in [6.07, 6.45) is 1.79. The van der Waals surface area contributed by atoms with Crippen LogP contribution >= 0.6 is 0 Å². The molecule has 0 atom stereocenters. The molecular formula is C18H20N4O4S. The number of aromatic nitrogens is 2. The van der Waals surface area contributed by atoms with Crippen LogP contribution in [0.1, 0.15) is 11.3 Å². The second kappa shape index (κ2) is 6.32. The summed E-state index contributed by atoms with van der Waals surface area (Å²) in [5, 5.41) is 0. The summed E-state index contributed by atoms with van der Waals surface area (Å²) < 4.78 is 39.7. The van der Waals surface area contributed by atoms with Crippen molar-refractivity contribution in [2.75, 3.05) is 39.4 Å². The van der Waals surface area contributed by atoms with Gasteiger partial charge in [-0.05, 0) is 0 Å². The summed E-state index contributed by atoms with van der Waals surface area (Å²) >= 11 is 0. The molecule has 9 heteroatoms. The van der Waals surface area contributed by atoms with Crippen molar-refractivity contribution in [3.05, 3.63) is 47.8 Å². The fourth-order valence-electron chi connectivity index (χ4n) is 3.81. The van der Waals surface area contributed by atoms with Gasteiger partial charge in [-0.15, -0.1) is 0 Å². The topological polar surface area (TPSA) is 84.9 Å². The van der Waals surface area contributed by atoms with Gasteiger partial charge in [0, 0.05) is 43.5 Å². The van der Waals surface area contributed by atoms with Crippen LogP contribution in [0.15, 0.2) is 36.5 Å². The molecule has 1 aromatic carbocycles. The lowest BCUT2D eigenvalue weighted by Gasteiger charge is -2.47. The number of morpholine rings is 1. The van der Waals surface area contributed by atoms with Gasteiger partial charge >= 0.3 is 0 Å². The summed E-state index contributed by atoms with van der Waals surface area (Å²) in [5.74, 6) is 0.659. The van der Waals surface area contributed by atoms with E-state index >= 15 is 0 Å². The molecule has 1 aromatic heterocycles. The van der Waals surface area contributed by atoms with Crippen molar-refractivity contribution in [1.29, 1.82) is 0 Å². The molecule has 2 fully saturated rings. The number of benzene rings is 1. The largest absolute Gasteiger partial charge is 0.379 e. The van der Waals surface area contributed by atoms with Gasteiger partial charge in [0.25, 0.3) is 10.2 Å². The Morgan fingerprint density at radius 3 is 2.52 bits per heavy atom. The van der Waals surface area contributed by atoms with Crippen LogP contribution < -0.4 is 0 Å². The van der Waals surface area contributed by atoms with Gasteiger partial charge < -0.3 is 9.47 Å². The van der Waals surface area contributed by atoms with E-state index in [2.05, 4.69) is 9.97 Å². The summed E-state index contributed by atoms with van der Waals surface area (Å²) in [7, 11) is -3.48. The maximum absolute atomic E-state index is 12.8. The molecule has 8 nitrogen and oxygen atoms in total. The summed E-state index contributed by atoms with van der Waals surface area (Å²) in [5.41, 5.74) is 2.07. The molecule has 27 heavy (non-hydrogen) atoms. The van der Waals surface area contributed by atoms with Crippen LogP contribution in [-0.4, -0.2) is 66.4 Å². The molecular weight excluding hydrogens is 368 g/mol. The number of fused-ring (bicyclic) bond motifs is 2. The molecule has 0 amide bonds. The van der Waals surface area contributed by atoms with Crippen molar-refractivity contribution in [3.63, 3.8) is 0 Å². The lowest BCUT2D eigenvalue weighted by molar-refractivity contribution is -0.114. The van der Waals surface area contributed by atoms with Gasteiger partial charge in [0.05, 0.1) is 25.5 Å². The maximum atomic E-state index is 12.8. The zero-order valence-electron chi connectivity index (χ0n) is 14.7. The third-order valence-corrected chi connectivity index (χ3v) is 7.29. The molecule has 2 aromatic rings. The Hall–Kier alpha value is -1.91. The number of hydrogen-bond acceptors (Lipinski definition) is 6. The van der Waals surface area contributed by atoms with Crippen LogP contribution in [0.3, 0.4) is 0 Å². The highest BCUT2D eigenvalue weighted by molar-refractivity contribution is 7.86. The van der Waals surface area contributed by atoms with E-state index in [0.29, 0.717) is 51.8 Å². The minimum absolute atomic E-state index is 0.299. The molecule has 0 N–H and O–H groups in total. The van der Waals surface area contributed by atoms with Crippen LogP contribution in [-0.2, 0) is 31.9 Å². The van der Waals surface area contributed by atoms with E-state index in [1.807, 2.05) is 30.3 Å². The zero-order valence-corrected chi connectivity index (χ0v) is 15.6. The molecule has 0 radical (unpaired) electrons. The lowest BCUT2D eigenvalue weighted by Crippen LogP contribution is -2.64. The van der Waals surface area contributed by atoms with Crippen molar-refractivity contribution in [1.82, 2.24) is 18.6 Å². The number of hydrogen-bond donors (Lipinski definition) is 0. The molecule has 0 saturated carbocycles. The van der Waals surface area contributed by atoms with Crippen LogP contribution in [0.5, 0.6) is 0 Å². The van der Waals surface area contributed by atoms with Crippen LogP contribution in [0.2, 0.25) is 0 Å². The second-order valence-corrected chi connectivity index (χ2v) is 8.92. The highest BCUT2D eigenvalue weighted by Gasteiger charge is 2.55. The van der Waals surface area contributed by atoms with Gasteiger partial charge in [-0.2, -0.15) is 17.0 Å². The number of rotatable bonds is 3. The molecule has 3 aliphatic rings. The van der Waals surface area contributed by atoms with Crippen molar-refractivity contribution in [3.8, 4) is 11.4 Å². The first-order valence-electron chi connectivity index (χ1n) is 8.97. The van der Waals surface area contributed by atoms with E-state index < -0.39 is 15.8 Å². The summed E-state index contributed by atoms with van der Waals surface area (Å²) in [4.78, 5) is 9.14. The van der Waals surface area contributed by atoms with E-state index in [4.69, 9.17) is 9.47 Å². The van der Waals surface area contributed by atoms with Crippen LogP contribution in [0.4, 0.5) is 0 Å². The lowest BCUT2D eigenvalue weighted by atomic mass is 9.90. The van der Waals surface area contributed by atoms with Gasteiger partial charge in [-0.3, -0.25) is 0 Å². The van der Waals surface area contributed by atoms with Gasteiger partial charge in [0.15, 0.2) is 5.82 Å². The zero-order chi connectivity index (χ0) is 18.5. The number of ether oxygens (including phenoxy) is 2. The average Bonchev–Trinajstić information content (AvgIpc) is 3.07. The van der Waals surface area contributed by atoms with E-state index in [0.717, 1.165) is 16.8 Å². The highest BCUT2D eigenvalue weighted by Crippen LogP contribution is 2.44. The normalized spacial score (nSPS) is 22.5. The third-order valence-electron chi connectivity index (χ3n) is 5.36. The Bertz CT molecular complexity index is 955. The maximum Gasteiger partial charge on any atom is 0.282 e. The van der Waals surface area contributed by atoms with E-state index in [9.17, 15) is 8.42 Å². The van der Waals surface area contributed by atoms with Crippen molar-refractivity contribution in [2.24, 2.45) is 0 Å². The second-order valence-electron chi connectivity index (χ2n) is 6.99. The monoisotopic (exact) mass is 388 g/mol. The van der Waals surface area contributed by atoms with E-state index in [-0.39, 0.29) is 0 Å². The van der Waals surface area contributed by atoms with E-state index in [1.54, 1.807) is 6.20 Å². The van der Waals surface area contributed by atoms with Crippen molar-refractivity contribution in [2.45, 2.75) is 12.2 Å². The first-order chi connectivity index (χ1) is 13.1. The summed E-state index contributed by atoms with van der Waals surface area (Å²) in [6, 6.07) is 9.78. The molecule has 142 valence electrons. The predicted octanol–water partition coefficient (Wildman–Crippen LogP) is 0.762. The van der Waals surface area contributed by atoms with Crippen molar-refractivity contribution < 1.29 is 17.9 Å². The van der Waals surface area contributed by atoms with Crippen molar-refractivity contribution >= 4 is 10.2 Å². The van der Waals surface area contributed by atoms with Crippen LogP contribution in [0, 0.1) is 0 Å². The Labute approximate surface area is 157 Å². The Morgan fingerprint density at radius 1 is 1.04 bits per heavy atom. The third kappa shape index (κ3) is 2.77. The summed E-state index contributed by atoms with van der Waals surface area (Å²) in [6.45, 7) is 2.64. The molecule has 0 unspecified atom stereocenters. The minimum atomic E-state index is -3.48. The Kier molecular flexibility index (Phi) is 4.03. The van der Waals surface area contributed by atoms with Gasteiger partial charge in [-0.1, -0.05) is 30.3 Å². The molecule has 0 bridgehead atoms. The minimum Gasteiger partial charge on any atom is -0.379 e. The van der Waals surface area contributed by atoms with Gasteiger partial charge in [0.1, 0.15) is 5.60 Å². The molecule has 2 saturated heterocycles. The molecule has 3 aliphatic heterocycles. The molecule has 0 aliphatic carbocycles. The first-order valence-corrected chi connectivity index (χ1v) is 10.4. The molecule has 5 rings (SSSR count). The standard InChI is InChI=1S/C18H20N4O4S/c23-27(24,21-6-8-25-9-7-21)22-12-18(13-22)15-10-19-17(20-16(15)11-26-18)14-4-2-1-3-5-14/h1-5,10H,6-9,11-13H2. The first kappa shape index (κ1) is 17.2. The fraction of sp³-hybridized carbons (Fsp3) is 0.444. The Balaban J connectivity index is 1.36. The van der Waals surface area contributed by atoms with Crippen LogP contribution in [0.25, 0.3) is 11.4 Å². The highest BCUT2D eigenvalue weighted by atomic mass is 32.2. The molecule has 4 heterocycles. The van der Waals surface area contributed by atoms with Gasteiger partial charge in [0.2, 0.25) is 0 Å². The fourth-order valence-corrected chi connectivity index (χ4v) is 5.49. The number of nitrogens with zero attached hydrogens (tertiary/aromatic N) is 4.